The van der Waals surface area contributed by atoms with Gasteiger partial charge in [0.2, 0.25) is 0 Å². The van der Waals surface area contributed by atoms with Gasteiger partial charge in [0, 0.05) is 33.4 Å². The number of ether oxygens (including phenoxy) is 1. The summed E-state index contributed by atoms with van der Waals surface area (Å²) in [6.07, 6.45) is 4.86. The monoisotopic (exact) mass is 260 g/mol. The van der Waals surface area contributed by atoms with E-state index in [9.17, 15) is 0 Å². The molecule has 0 aromatic heterocycles. The van der Waals surface area contributed by atoms with E-state index in [-0.39, 0.29) is 0 Å². The van der Waals surface area contributed by atoms with Gasteiger partial charge >= 0.3 is 0 Å². The van der Waals surface area contributed by atoms with Crippen molar-refractivity contribution in [3.05, 3.63) is 23.8 Å². The third-order valence-corrected chi connectivity index (χ3v) is 4.34. The van der Waals surface area contributed by atoms with Gasteiger partial charge in [-0.15, -0.1) is 0 Å². The maximum Gasteiger partial charge on any atom is 0.0610 e. The Morgan fingerprint density at radius 2 is 2.16 bits per heavy atom. The number of aryl methyl sites for hydroxylation is 1. The maximum atomic E-state index is 5.45. The Labute approximate surface area is 115 Å². The van der Waals surface area contributed by atoms with E-state index in [4.69, 9.17) is 4.74 Å². The Morgan fingerprint density at radius 3 is 3.00 bits per heavy atom. The topological polar surface area (TPSA) is 24.5 Å². The predicted molar refractivity (Wildman–Crippen MR) is 80.1 cm³/mol. The second-order valence-corrected chi connectivity index (χ2v) is 5.78. The van der Waals surface area contributed by atoms with E-state index in [0.29, 0.717) is 0 Å². The zero-order valence-electron chi connectivity index (χ0n) is 11.8. The molecule has 0 radical (unpaired) electrons. The van der Waals surface area contributed by atoms with Crippen LogP contribution in [0.3, 0.4) is 0 Å². The minimum absolute atomic E-state index is 0.776. The zero-order valence-corrected chi connectivity index (χ0v) is 11.8. The highest BCUT2D eigenvalue weighted by Gasteiger charge is 2.19. The molecule has 19 heavy (non-hydrogen) atoms. The quantitative estimate of drug-likeness (QED) is 0.904. The van der Waals surface area contributed by atoms with Gasteiger partial charge in [0.05, 0.1) is 11.4 Å². The standard InChI is InChI=1S/C16H24N2O/c1-18(12-13-7-10-19-11-8-13)15-6-2-4-14-5-3-9-17-16(14)15/h2,4,6,13,17H,3,5,7-12H2,1H3. The van der Waals surface area contributed by atoms with E-state index in [0.717, 1.165) is 32.2 Å². The SMILES string of the molecule is CN(CC1CCOCC1)c1cccc2c1NCCC2. The number of fused-ring (bicyclic) bond motifs is 1. The molecular weight excluding hydrogens is 236 g/mol. The molecule has 2 heterocycles. The first-order valence-electron chi connectivity index (χ1n) is 7.49. The summed E-state index contributed by atoms with van der Waals surface area (Å²) < 4.78 is 5.45. The third-order valence-electron chi connectivity index (χ3n) is 4.34. The molecule has 3 rings (SSSR count). The Bertz CT molecular complexity index is 427. The number of hydrogen-bond acceptors (Lipinski definition) is 3. The highest BCUT2D eigenvalue weighted by molar-refractivity contribution is 5.74. The molecule has 0 unspecified atom stereocenters. The lowest BCUT2D eigenvalue weighted by Gasteiger charge is -2.31. The van der Waals surface area contributed by atoms with Gasteiger partial charge in [-0.3, -0.25) is 0 Å². The summed E-state index contributed by atoms with van der Waals surface area (Å²) in [6, 6.07) is 6.70. The molecule has 1 aromatic rings. The molecule has 1 fully saturated rings. The van der Waals surface area contributed by atoms with E-state index in [1.54, 1.807) is 0 Å². The lowest BCUT2D eigenvalue weighted by atomic mass is 9.98. The number of rotatable bonds is 3. The van der Waals surface area contributed by atoms with Crippen LogP contribution in [0.25, 0.3) is 0 Å². The van der Waals surface area contributed by atoms with Crippen LogP contribution in [-0.2, 0) is 11.2 Å². The molecule has 2 aliphatic heterocycles. The van der Waals surface area contributed by atoms with Crippen molar-refractivity contribution < 1.29 is 4.74 Å². The summed E-state index contributed by atoms with van der Waals surface area (Å²) in [4.78, 5) is 2.42. The van der Waals surface area contributed by atoms with Crippen LogP contribution in [0.1, 0.15) is 24.8 Å². The Morgan fingerprint density at radius 1 is 1.32 bits per heavy atom. The van der Waals surface area contributed by atoms with Crippen LogP contribution in [0.2, 0.25) is 0 Å². The van der Waals surface area contributed by atoms with Gasteiger partial charge in [0.25, 0.3) is 0 Å². The molecule has 0 atom stereocenters. The van der Waals surface area contributed by atoms with E-state index in [1.807, 2.05) is 0 Å². The van der Waals surface area contributed by atoms with Gasteiger partial charge < -0.3 is 15.0 Å². The Hall–Kier alpha value is -1.22. The molecule has 0 amide bonds. The molecule has 3 heteroatoms. The highest BCUT2D eigenvalue weighted by atomic mass is 16.5. The van der Waals surface area contributed by atoms with Crippen molar-refractivity contribution in [3.8, 4) is 0 Å². The van der Waals surface area contributed by atoms with Crippen LogP contribution in [0.5, 0.6) is 0 Å². The fourth-order valence-electron chi connectivity index (χ4n) is 3.22. The second-order valence-electron chi connectivity index (χ2n) is 5.78. The highest BCUT2D eigenvalue weighted by Crippen LogP contribution is 2.33. The van der Waals surface area contributed by atoms with Gasteiger partial charge in [0.15, 0.2) is 0 Å². The number of nitrogens with zero attached hydrogens (tertiary/aromatic N) is 1. The summed E-state index contributed by atoms with van der Waals surface area (Å²) in [5.41, 5.74) is 4.20. The smallest absolute Gasteiger partial charge is 0.0610 e. The van der Waals surface area contributed by atoms with Crippen LogP contribution >= 0.6 is 0 Å². The molecule has 1 saturated heterocycles. The van der Waals surface area contributed by atoms with Crippen LogP contribution < -0.4 is 10.2 Å². The predicted octanol–water partition coefficient (Wildman–Crippen LogP) is 2.91. The molecule has 2 aliphatic rings. The van der Waals surface area contributed by atoms with Crippen molar-refractivity contribution in [2.45, 2.75) is 25.7 Å². The van der Waals surface area contributed by atoms with Crippen LogP contribution in [0, 0.1) is 5.92 Å². The molecule has 0 bridgehead atoms. The number of para-hydroxylation sites is 1. The molecule has 0 spiro atoms. The van der Waals surface area contributed by atoms with Crippen molar-refractivity contribution >= 4 is 11.4 Å². The van der Waals surface area contributed by atoms with Crippen molar-refractivity contribution in [2.75, 3.05) is 43.6 Å². The first-order valence-corrected chi connectivity index (χ1v) is 7.49. The van der Waals surface area contributed by atoms with Crippen LogP contribution in [-0.4, -0.2) is 33.4 Å². The zero-order chi connectivity index (χ0) is 13.1. The Balaban J connectivity index is 1.73. The lowest BCUT2D eigenvalue weighted by molar-refractivity contribution is 0.0685. The maximum absolute atomic E-state index is 5.45. The lowest BCUT2D eigenvalue weighted by Crippen LogP contribution is -2.30. The minimum Gasteiger partial charge on any atom is -0.383 e. The van der Waals surface area contributed by atoms with Crippen LogP contribution in [0.15, 0.2) is 18.2 Å². The molecular formula is C16H24N2O. The van der Waals surface area contributed by atoms with Gasteiger partial charge in [-0.25, -0.2) is 0 Å². The first kappa shape index (κ1) is 12.8. The van der Waals surface area contributed by atoms with E-state index >= 15 is 0 Å². The number of benzene rings is 1. The molecule has 0 aliphatic carbocycles. The van der Waals surface area contributed by atoms with Gasteiger partial charge in [-0.1, -0.05) is 12.1 Å². The molecule has 1 aromatic carbocycles. The fraction of sp³-hybridized carbons (Fsp3) is 0.625. The first-order chi connectivity index (χ1) is 9.34. The third kappa shape index (κ3) is 2.86. The summed E-state index contributed by atoms with van der Waals surface area (Å²) in [5.74, 6) is 0.776. The average molecular weight is 260 g/mol. The van der Waals surface area contributed by atoms with Crippen molar-refractivity contribution in [1.29, 1.82) is 0 Å². The largest absolute Gasteiger partial charge is 0.383 e. The van der Waals surface area contributed by atoms with E-state index < -0.39 is 0 Å². The van der Waals surface area contributed by atoms with Crippen molar-refractivity contribution in [3.63, 3.8) is 0 Å². The summed E-state index contributed by atoms with van der Waals surface area (Å²) in [6.45, 7) is 4.12. The van der Waals surface area contributed by atoms with Crippen LogP contribution in [0.4, 0.5) is 11.4 Å². The average Bonchev–Trinajstić information content (AvgIpc) is 2.47. The van der Waals surface area contributed by atoms with Crippen molar-refractivity contribution in [2.24, 2.45) is 5.92 Å². The normalized spacial score (nSPS) is 19.6. The molecule has 0 saturated carbocycles. The van der Waals surface area contributed by atoms with Gasteiger partial charge in [-0.2, -0.15) is 0 Å². The summed E-state index contributed by atoms with van der Waals surface area (Å²) in [5, 5.41) is 3.58. The van der Waals surface area contributed by atoms with Crippen molar-refractivity contribution in [1.82, 2.24) is 0 Å². The van der Waals surface area contributed by atoms with E-state index in [1.165, 1.54) is 42.6 Å². The summed E-state index contributed by atoms with van der Waals surface area (Å²) in [7, 11) is 2.22. The van der Waals surface area contributed by atoms with Gasteiger partial charge in [-0.05, 0) is 43.2 Å². The number of hydrogen-bond donors (Lipinski definition) is 1. The fourth-order valence-corrected chi connectivity index (χ4v) is 3.22. The molecule has 104 valence electrons. The second kappa shape index (κ2) is 5.83. The molecule has 3 nitrogen and oxygen atoms in total. The van der Waals surface area contributed by atoms with Gasteiger partial charge in [0.1, 0.15) is 0 Å². The van der Waals surface area contributed by atoms with E-state index in [2.05, 4.69) is 35.5 Å². The minimum atomic E-state index is 0.776. The summed E-state index contributed by atoms with van der Waals surface area (Å²) >= 11 is 0. The number of nitrogens with one attached hydrogen (secondary N) is 1. The Kier molecular flexibility index (Phi) is 3.92. The molecule has 1 N–H and O–H groups in total. The number of anilines is 2.